The van der Waals surface area contributed by atoms with E-state index in [0.29, 0.717) is 17.7 Å². The van der Waals surface area contributed by atoms with Crippen molar-refractivity contribution < 1.29 is 14.3 Å². The number of ether oxygens (including phenoxy) is 1. The number of rotatable bonds is 4. The van der Waals surface area contributed by atoms with Gasteiger partial charge in [0.05, 0.1) is 7.11 Å². The molecule has 0 saturated heterocycles. The molecule has 134 valence electrons. The molecule has 0 heterocycles. The molecule has 1 aromatic carbocycles. The standard InChI is InChI=1S/C20H26N2O3/c1-25-17-4-2-16(3-5-17)19(24)22-21-18(23)12-20-9-13-6-14(10-20)8-15(7-13)11-20/h2-5,13-15H,6-12H2,1H3,(H,21,23)(H,22,24). The Labute approximate surface area is 148 Å². The molecule has 0 atom stereocenters. The van der Waals surface area contributed by atoms with E-state index < -0.39 is 0 Å². The van der Waals surface area contributed by atoms with E-state index in [1.807, 2.05) is 0 Å². The normalized spacial score (nSPS) is 32.3. The Balaban J connectivity index is 1.31. The van der Waals surface area contributed by atoms with Gasteiger partial charge in [0, 0.05) is 12.0 Å². The zero-order chi connectivity index (χ0) is 17.4. The zero-order valence-electron chi connectivity index (χ0n) is 14.7. The summed E-state index contributed by atoms with van der Waals surface area (Å²) in [7, 11) is 1.58. The minimum absolute atomic E-state index is 0.0659. The number of benzene rings is 1. The largest absolute Gasteiger partial charge is 0.497 e. The van der Waals surface area contributed by atoms with Crippen molar-refractivity contribution in [2.24, 2.45) is 23.2 Å². The summed E-state index contributed by atoms with van der Waals surface area (Å²) in [4.78, 5) is 24.6. The van der Waals surface area contributed by atoms with Gasteiger partial charge >= 0.3 is 0 Å². The Bertz CT molecular complexity index is 633. The number of hydrogen-bond donors (Lipinski definition) is 2. The quantitative estimate of drug-likeness (QED) is 0.827. The van der Waals surface area contributed by atoms with Gasteiger partial charge < -0.3 is 4.74 Å². The summed E-state index contributed by atoms with van der Waals surface area (Å²) in [6.07, 6.45) is 8.23. The molecule has 4 bridgehead atoms. The van der Waals surface area contributed by atoms with Gasteiger partial charge in [-0.3, -0.25) is 20.4 Å². The fraction of sp³-hybridized carbons (Fsp3) is 0.600. The molecule has 5 rings (SSSR count). The first-order chi connectivity index (χ1) is 12.0. The first-order valence-electron chi connectivity index (χ1n) is 9.28. The predicted octanol–water partition coefficient (Wildman–Crippen LogP) is 3.06. The highest BCUT2D eigenvalue weighted by Crippen LogP contribution is 2.61. The van der Waals surface area contributed by atoms with Crippen LogP contribution in [0.15, 0.2) is 24.3 Å². The van der Waals surface area contributed by atoms with Crippen LogP contribution in [0, 0.1) is 23.2 Å². The van der Waals surface area contributed by atoms with Crippen LogP contribution in [0.4, 0.5) is 0 Å². The van der Waals surface area contributed by atoms with Crippen LogP contribution in [0.1, 0.15) is 55.3 Å². The Morgan fingerprint density at radius 3 is 2.08 bits per heavy atom. The summed E-state index contributed by atoms with van der Waals surface area (Å²) in [5.74, 6) is 2.81. The van der Waals surface area contributed by atoms with E-state index in [2.05, 4.69) is 10.9 Å². The van der Waals surface area contributed by atoms with Crippen molar-refractivity contribution in [3.05, 3.63) is 29.8 Å². The second-order valence-corrected chi connectivity index (χ2v) is 8.33. The maximum Gasteiger partial charge on any atom is 0.269 e. The molecule has 4 fully saturated rings. The van der Waals surface area contributed by atoms with E-state index in [4.69, 9.17) is 4.74 Å². The lowest BCUT2D eigenvalue weighted by molar-refractivity contribution is -0.130. The summed E-state index contributed by atoms with van der Waals surface area (Å²) >= 11 is 0. The number of methoxy groups -OCH3 is 1. The summed E-state index contributed by atoms with van der Waals surface area (Å²) in [6.45, 7) is 0. The summed E-state index contributed by atoms with van der Waals surface area (Å²) < 4.78 is 5.08. The highest BCUT2D eigenvalue weighted by molar-refractivity contribution is 5.95. The molecule has 0 spiro atoms. The third-order valence-corrected chi connectivity index (χ3v) is 6.37. The molecule has 0 radical (unpaired) electrons. The molecule has 5 nitrogen and oxygen atoms in total. The van der Waals surface area contributed by atoms with Crippen molar-refractivity contribution in [1.82, 2.24) is 10.9 Å². The van der Waals surface area contributed by atoms with Crippen LogP contribution in [0.3, 0.4) is 0 Å². The third-order valence-electron chi connectivity index (χ3n) is 6.37. The lowest BCUT2D eigenvalue weighted by Gasteiger charge is -2.56. The lowest BCUT2D eigenvalue weighted by atomic mass is 9.49. The van der Waals surface area contributed by atoms with E-state index in [1.54, 1.807) is 31.4 Å². The van der Waals surface area contributed by atoms with Gasteiger partial charge in [-0.05, 0) is 86.0 Å². The molecule has 25 heavy (non-hydrogen) atoms. The summed E-state index contributed by atoms with van der Waals surface area (Å²) in [5.41, 5.74) is 5.83. The van der Waals surface area contributed by atoms with Crippen molar-refractivity contribution in [3.8, 4) is 5.75 Å². The predicted molar refractivity (Wildman–Crippen MR) is 93.8 cm³/mol. The van der Waals surface area contributed by atoms with Crippen LogP contribution in [0.25, 0.3) is 0 Å². The molecule has 4 aliphatic rings. The van der Waals surface area contributed by atoms with E-state index in [9.17, 15) is 9.59 Å². The van der Waals surface area contributed by atoms with E-state index >= 15 is 0 Å². The Hall–Kier alpha value is -2.04. The van der Waals surface area contributed by atoms with Crippen LogP contribution in [-0.4, -0.2) is 18.9 Å². The molecule has 0 aliphatic heterocycles. The smallest absolute Gasteiger partial charge is 0.269 e. The molecule has 2 N–H and O–H groups in total. The van der Waals surface area contributed by atoms with Gasteiger partial charge in [0.25, 0.3) is 5.91 Å². The second kappa shape index (κ2) is 6.36. The van der Waals surface area contributed by atoms with Gasteiger partial charge in [0.1, 0.15) is 5.75 Å². The first-order valence-corrected chi connectivity index (χ1v) is 9.28. The monoisotopic (exact) mass is 342 g/mol. The molecule has 0 unspecified atom stereocenters. The average molecular weight is 342 g/mol. The Morgan fingerprint density at radius 1 is 1.00 bits per heavy atom. The van der Waals surface area contributed by atoms with Crippen LogP contribution < -0.4 is 15.6 Å². The van der Waals surface area contributed by atoms with Gasteiger partial charge in [-0.1, -0.05) is 0 Å². The fourth-order valence-corrected chi connectivity index (χ4v) is 5.83. The van der Waals surface area contributed by atoms with Gasteiger partial charge in [0.15, 0.2) is 0 Å². The SMILES string of the molecule is COc1ccc(C(=O)NNC(=O)CC23CC4CC(CC(C4)C2)C3)cc1. The van der Waals surface area contributed by atoms with Crippen LogP contribution in [0.2, 0.25) is 0 Å². The van der Waals surface area contributed by atoms with Crippen molar-refractivity contribution in [2.45, 2.75) is 44.9 Å². The van der Waals surface area contributed by atoms with Crippen LogP contribution in [0.5, 0.6) is 5.75 Å². The van der Waals surface area contributed by atoms with Crippen molar-refractivity contribution in [2.75, 3.05) is 7.11 Å². The number of carbonyl (C=O) groups is 2. The summed E-state index contributed by atoms with van der Waals surface area (Å²) in [6, 6.07) is 6.82. The van der Waals surface area contributed by atoms with E-state index in [0.717, 1.165) is 17.8 Å². The highest BCUT2D eigenvalue weighted by Gasteiger charge is 2.51. The van der Waals surface area contributed by atoms with Crippen LogP contribution in [-0.2, 0) is 4.79 Å². The van der Waals surface area contributed by atoms with E-state index in [1.165, 1.54) is 38.5 Å². The minimum Gasteiger partial charge on any atom is -0.497 e. The number of carbonyl (C=O) groups excluding carboxylic acids is 2. The molecule has 2 amide bonds. The first kappa shape index (κ1) is 16.4. The second-order valence-electron chi connectivity index (χ2n) is 8.33. The van der Waals surface area contributed by atoms with Gasteiger partial charge in [0.2, 0.25) is 5.91 Å². The number of hydrogen-bond acceptors (Lipinski definition) is 3. The molecule has 1 aromatic rings. The molecule has 4 saturated carbocycles. The summed E-state index contributed by atoms with van der Waals surface area (Å²) in [5, 5.41) is 0. The van der Waals surface area contributed by atoms with Gasteiger partial charge in [-0.25, -0.2) is 0 Å². The molecule has 5 heteroatoms. The fourth-order valence-electron chi connectivity index (χ4n) is 5.83. The van der Waals surface area contributed by atoms with Crippen molar-refractivity contribution >= 4 is 11.8 Å². The van der Waals surface area contributed by atoms with Gasteiger partial charge in [-0.15, -0.1) is 0 Å². The van der Waals surface area contributed by atoms with E-state index in [-0.39, 0.29) is 17.2 Å². The zero-order valence-corrected chi connectivity index (χ0v) is 14.7. The average Bonchev–Trinajstić information content (AvgIpc) is 2.58. The maximum absolute atomic E-state index is 12.4. The molecule has 0 aromatic heterocycles. The Kier molecular flexibility index (Phi) is 4.18. The molecular weight excluding hydrogens is 316 g/mol. The molecular formula is C20H26N2O3. The number of nitrogens with one attached hydrogen (secondary N) is 2. The molecule has 4 aliphatic carbocycles. The van der Waals surface area contributed by atoms with Crippen LogP contribution >= 0.6 is 0 Å². The number of amides is 2. The topological polar surface area (TPSA) is 67.4 Å². The Morgan fingerprint density at radius 2 is 1.56 bits per heavy atom. The number of hydrazine groups is 1. The maximum atomic E-state index is 12.4. The van der Waals surface area contributed by atoms with Gasteiger partial charge in [-0.2, -0.15) is 0 Å². The minimum atomic E-state index is -0.304. The lowest BCUT2D eigenvalue weighted by Crippen LogP contribution is -2.50. The third kappa shape index (κ3) is 3.37. The van der Waals surface area contributed by atoms with Crippen molar-refractivity contribution in [1.29, 1.82) is 0 Å². The van der Waals surface area contributed by atoms with Crippen molar-refractivity contribution in [3.63, 3.8) is 0 Å². The highest BCUT2D eigenvalue weighted by atomic mass is 16.5.